The highest BCUT2D eigenvalue weighted by Gasteiger charge is 2.27. The summed E-state index contributed by atoms with van der Waals surface area (Å²) in [6.07, 6.45) is 3.03. The van der Waals surface area contributed by atoms with Gasteiger partial charge in [-0.1, -0.05) is 37.8 Å². The molecule has 0 amide bonds. The fourth-order valence-electron chi connectivity index (χ4n) is 2.51. The first-order valence-corrected chi connectivity index (χ1v) is 8.08. The van der Waals surface area contributed by atoms with Crippen molar-refractivity contribution in [3.63, 3.8) is 0 Å². The second-order valence-corrected chi connectivity index (χ2v) is 6.25. The molecule has 1 saturated carbocycles. The quantitative estimate of drug-likeness (QED) is 0.584. The summed E-state index contributed by atoms with van der Waals surface area (Å²) in [7, 11) is 0. The third-order valence-electron chi connectivity index (χ3n) is 3.49. The van der Waals surface area contributed by atoms with Crippen LogP contribution >= 0.6 is 11.8 Å². The predicted octanol–water partition coefficient (Wildman–Crippen LogP) is 5.48. The number of nitrogens with one attached hydrogen (secondary N) is 1. The zero-order chi connectivity index (χ0) is 14.4. The normalized spacial score (nSPS) is 17.8. The van der Waals surface area contributed by atoms with Crippen molar-refractivity contribution < 1.29 is 13.2 Å². The van der Waals surface area contributed by atoms with Gasteiger partial charge in [0, 0.05) is 16.6 Å². The van der Waals surface area contributed by atoms with Gasteiger partial charge in [0.15, 0.2) is 0 Å². The van der Waals surface area contributed by atoms with Gasteiger partial charge < -0.3 is 5.32 Å². The fourth-order valence-corrected chi connectivity index (χ4v) is 3.29. The van der Waals surface area contributed by atoms with Crippen LogP contribution in [0.1, 0.15) is 38.5 Å². The van der Waals surface area contributed by atoms with E-state index in [9.17, 15) is 13.2 Å². The maximum atomic E-state index is 12.3. The monoisotopic (exact) mass is 303 g/mol. The summed E-state index contributed by atoms with van der Waals surface area (Å²) < 4.78 is 37.0. The molecule has 0 saturated heterocycles. The standard InChI is InChI=1S/C15H20F3NS/c16-15(17,18)11-20-14-10-6-5-9-13(14)19-12-7-3-1-2-4-8-12/h5-6,9-10,12,19H,1-4,7-8,11H2. The maximum Gasteiger partial charge on any atom is 0.398 e. The molecule has 0 unspecified atom stereocenters. The van der Waals surface area contributed by atoms with Crippen molar-refractivity contribution in [1.29, 1.82) is 0 Å². The van der Waals surface area contributed by atoms with Crippen molar-refractivity contribution in [2.45, 2.75) is 55.6 Å². The van der Waals surface area contributed by atoms with E-state index >= 15 is 0 Å². The number of hydrogen-bond donors (Lipinski definition) is 1. The van der Waals surface area contributed by atoms with E-state index in [0.717, 1.165) is 30.3 Å². The highest BCUT2D eigenvalue weighted by atomic mass is 32.2. The molecular formula is C15H20F3NS. The van der Waals surface area contributed by atoms with Gasteiger partial charge in [-0.2, -0.15) is 13.2 Å². The minimum Gasteiger partial charge on any atom is -0.381 e. The largest absolute Gasteiger partial charge is 0.398 e. The van der Waals surface area contributed by atoms with Crippen molar-refractivity contribution in [2.24, 2.45) is 0 Å². The molecule has 0 spiro atoms. The number of hydrogen-bond acceptors (Lipinski definition) is 2. The molecule has 0 aliphatic heterocycles. The molecule has 20 heavy (non-hydrogen) atoms. The SMILES string of the molecule is FC(F)(F)CSc1ccccc1NC1CCCCCC1. The van der Waals surface area contributed by atoms with Gasteiger partial charge in [0.05, 0.1) is 5.75 Å². The Hall–Kier alpha value is -0.840. The molecule has 1 aromatic carbocycles. The Morgan fingerprint density at radius 1 is 1.05 bits per heavy atom. The van der Waals surface area contributed by atoms with Crippen LogP contribution in [0.25, 0.3) is 0 Å². The summed E-state index contributed by atoms with van der Waals surface area (Å²) in [5.74, 6) is -0.837. The molecule has 1 nitrogen and oxygen atoms in total. The van der Waals surface area contributed by atoms with Gasteiger partial charge >= 0.3 is 6.18 Å². The number of halogens is 3. The van der Waals surface area contributed by atoms with Crippen LogP contribution in [0.5, 0.6) is 0 Å². The first-order chi connectivity index (χ1) is 9.54. The fraction of sp³-hybridized carbons (Fsp3) is 0.600. The second-order valence-electron chi connectivity index (χ2n) is 5.23. The third-order valence-corrected chi connectivity index (χ3v) is 4.63. The van der Waals surface area contributed by atoms with Crippen LogP contribution in [0.3, 0.4) is 0 Å². The van der Waals surface area contributed by atoms with Crippen molar-refractivity contribution in [2.75, 3.05) is 11.1 Å². The number of thioether (sulfide) groups is 1. The third kappa shape index (κ3) is 5.27. The van der Waals surface area contributed by atoms with E-state index in [4.69, 9.17) is 0 Å². The lowest BCUT2D eigenvalue weighted by Crippen LogP contribution is -2.19. The van der Waals surface area contributed by atoms with Gasteiger partial charge in [0.2, 0.25) is 0 Å². The van der Waals surface area contributed by atoms with Crippen molar-refractivity contribution in [3.8, 4) is 0 Å². The average molecular weight is 303 g/mol. The van der Waals surface area contributed by atoms with Crippen molar-refractivity contribution in [1.82, 2.24) is 0 Å². The Kier molecular flexibility index (Phi) is 5.64. The summed E-state index contributed by atoms with van der Waals surface area (Å²) in [5.41, 5.74) is 0.841. The lowest BCUT2D eigenvalue weighted by molar-refractivity contribution is -0.105. The first-order valence-electron chi connectivity index (χ1n) is 7.10. The first kappa shape index (κ1) is 15.5. The lowest BCUT2D eigenvalue weighted by Gasteiger charge is -2.20. The Morgan fingerprint density at radius 2 is 1.70 bits per heavy atom. The summed E-state index contributed by atoms with van der Waals surface area (Å²) in [6.45, 7) is 0. The van der Waals surface area contributed by atoms with Crippen molar-refractivity contribution >= 4 is 17.4 Å². The van der Waals surface area contributed by atoms with E-state index in [1.54, 1.807) is 12.1 Å². The van der Waals surface area contributed by atoms with Gasteiger partial charge in [-0.3, -0.25) is 0 Å². The summed E-state index contributed by atoms with van der Waals surface area (Å²) in [5, 5.41) is 3.44. The molecule has 1 aliphatic rings. The molecular weight excluding hydrogens is 283 g/mol. The van der Waals surface area contributed by atoms with Gasteiger partial charge in [-0.25, -0.2) is 0 Å². The van der Waals surface area contributed by atoms with Crippen LogP contribution < -0.4 is 5.32 Å². The Labute approximate surface area is 122 Å². The van der Waals surface area contributed by atoms with Crippen LogP contribution in [0, 0.1) is 0 Å². The maximum absolute atomic E-state index is 12.3. The minimum absolute atomic E-state index is 0.394. The van der Waals surface area contributed by atoms with Crippen LogP contribution in [-0.4, -0.2) is 18.0 Å². The van der Waals surface area contributed by atoms with Gasteiger partial charge in [0.25, 0.3) is 0 Å². The summed E-state index contributed by atoms with van der Waals surface area (Å²) in [6, 6.07) is 7.69. The summed E-state index contributed by atoms with van der Waals surface area (Å²) >= 11 is 0.860. The van der Waals surface area contributed by atoms with Crippen LogP contribution in [0.2, 0.25) is 0 Å². The Balaban J connectivity index is 1.99. The molecule has 0 heterocycles. The number of alkyl halides is 3. The molecule has 1 aliphatic carbocycles. The molecule has 2 rings (SSSR count). The van der Waals surface area contributed by atoms with Gasteiger partial charge in [-0.15, -0.1) is 11.8 Å². The Morgan fingerprint density at radius 3 is 2.35 bits per heavy atom. The topological polar surface area (TPSA) is 12.0 Å². The highest BCUT2D eigenvalue weighted by molar-refractivity contribution is 7.99. The molecule has 112 valence electrons. The number of benzene rings is 1. The molecule has 0 radical (unpaired) electrons. The molecule has 0 atom stereocenters. The Bertz CT molecular complexity index is 412. The second kappa shape index (κ2) is 7.25. The highest BCUT2D eigenvalue weighted by Crippen LogP contribution is 2.33. The molecule has 5 heteroatoms. The number of para-hydroxylation sites is 1. The molecule has 0 bridgehead atoms. The number of rotatable bonds is 4. The molecule has 1 aromatic rings. The minimum atomic E-state index is -4.12. The van der Waals surface area contributed by atoms with E-state index in [-0.39, 0.29) is 0 Å². The van der Waals surface area contributed by atoms with E-state index in [2.05, 4.69) is 5.32 Å². The van der Waals surface area contributed by atoms with Crippen molar-refractivity contribution in [3.05, 3.63) is 24.3 Å². The van der Waals surface area contributed by atoms with E-state index < -0.39 is 11.9 Å². The van der Waals surface area contributed by atoms with E-state index in [1.165, 1.54) is 25.7 Å². The molecule has 1 N–H and O–H groups in total. The summed E-state index contributed by atoms with van der Waals surface area (Å²) in [4.78, 5) is 0.689. The zero-order valence-corrected chi connectivity index (χ0v) is 12.2. The van der Waals surface area contributed by atoms with E-state index in [0.29, 0.717) is 10.9 Å². The zero-order valence-electron chi connectivity index (χ0n) is 11.4. The van der Waals surface area contributed by atoms with Crippen LogP contribution in [-0.2, 0) is 0 Å². The molecule has 1 fully saturated rings. The number of anilines is 1. The predicted molar refractivity (Wildman–Crippen MR) is 78.3 cm³/mol. The van der Waals surface area contributed by atoms with Gasteiger partial charge in [0.1, 0.15) is 0 Å². The molecule has 0 aromatic heterocycles. The average Bonchev–Trinajstić information content (AvgIpc) is 2.65. The van der Waals surface area contributed by atoms with E-state index in [1.807, 2.05) is 12.1 Å². The van der Waals surface area contributed by atoms with Crippen LogP contribution in [0.15, 0.2) is 29.2 Å². The lowest BCUT2D eigenvalue weighted by atomic mass is 10.1. The smallest absolute Gasteiger partial charge is 0.381 e. The van der Waals surface area contributed by atoms with Gasteiger partial charge in [-0.05, 0) is 25.0 Å². The van der Waals surface area contributed by atoms with Crippen LogP contribution in [0.4, 0.5) is 18.9 Å².